The first-order valence-corrected chi connectivity index (χ1v) is 13.3. The second-order valence-corrected chi connectivity index (χ2v) is 11.8. The van der Waals surface area contributed by atoms with Crippen LogP contribution >= 0.6 is 34.8 Å². The molecular weight excluding hydrogens is 505 g/mol. The Labute approximate surface area is 219 Å². The highest BCUT2D eigenvalue weighted by atomic mass is 35.5. The summed E-state index contributed by atoms with van der Waals surface area (Å²) in [5.41, 5.74) is 0.798. The maximum absolute atomic E-state index is 13.7. The van der Waals surface area contributed by atoms with Crippen LogP contribution < -0.4 is 10.9 Å². The molecule has 0 atom stereocenters. The van der Waals surface area contributed by atoms with Crippen molar-refractivity contribution < 1.29 is 4.79 Å². The number of aromatic nitrogens is 2. The zero-order valence-corrected chi connectivity index (χ0v) is 21.4. The molecule has 4 bridgehead atoms. The van der Waals surface area contributed by atoms with Gasteiger partial charge in [0.05, 0.1) is 17.3 Å². The largest absolute Gasteiger partial charge is 0.346 e. The molecule has 35 heavy (non-hydrogen) atoms. The molecular formula is C27H26Cl3N3O2. The van der Waals surface area contributed by atoms with E-state index in [0.717, 1.165) is 24.8 Å². The standard InChI is InChI=1S/C27H26Cl3N3O2/c28-20-5-6-24(23(30)10-20)33-26(35)21(15-32(33)14-19-3-1-2-4-22(19)29)25(34)31-27-11-16-7-17(12-27)9-18(8-16)13-27/h1-6,10,15-18H,7-9,11-14H2,(H,31,34). The van der Waals surface area contributed by atoms with E-state index in [1.807, 2.05) is 18.2 Å². The lowest BCUT2D eigenvalue weighted by molar-refractivity contribution is -0.0167. The van der Waals surface area contributed by atoms with Gasteiger partial charge in [-0.2, -0.15) is 0 Å². The van der Waals surface area contributed by atoms with E-state index < -0.39 is 5.56 Å². The average molecular weight is 531 g/mol. The second-order valence-electron chi connectivity index (χ2n) is 10.6. The summed E-state index contributed by atoms with van der Waals surface area (Å²) in [4.78, 5) is 27.3. The lowest BCUT2D eigenvalue weighted by Gasteiger charge is -2.56. The molecule has 8 heteroatoms. The molecule has 3 aromatic rings. The van der Waals surface area contributed by atoms with Crippen molar-refractivity contribution in [2.75, 3.05) is 0 Å². The Kier molecular flexibility index (Phi) is 5.78. The Hall–Kier alpha value is -2.21. The molecule has 1 amide bonds. The third-order valence-corrected chi connectivity index (χ3v) is 8.95. The van der Waals surface area contributed by atoms with Crippen molar-refractivity contribution in [3.63, 3.8) is 0 Å². The maximum atomic E-state index is 13.7. The van der Waals surface area contributed by atoms with E-state index in [1.165, 1.54) is 23.9 Å². The summed E-state index contributed by atoms with van der Waals surface area (Å²) in [5.74, 6) is 1.76. The Morgan fingerprint density at radius 1 is 0.943 bits per heavy atom. The van der Waals surface area contributed by atoms with Gasteiger partial charge in [-0.15, -0.1) is 0 Å². The molecule has 0 spiro atoms. The van der Waals surface area contributed by atoms with Crippen molar-refractivity contribution in [1.82, 2.24) is 14.7 Å². The van der Waals surface area contributed by atoms with Crippen LogP contribution in [0.25, 0.3) is 5.69 Å². The van der Waals surface area contributed by atoms with E-state index >= 15 is 0 Å². The number of halogens is 3. The van der Waals surface area contributed by atoms with Gasteiger partial charge in [0.15, 0.2) is 0 Å². The topological polar surface area (TPSA) is 56.0 Å². The Balaban J connectivity index is 1.39. The van der Waals surface area contributed by atoms with Gasteiger partial charge in [0.2, 0.25) is 0 Å². The van der Waals surface area contributed by atoms with Crippen molar-refractivity contribution in [1.29, 1.82) is 0 Å². The average Bonchev–Trinajstić information content (AvgIpc) is 3.10. The van der Waals surface area contributed by atoms with Crippen molar-refractivity contribution >= 4 is 40.7 Å². The fourth-order valence-electron chi connectivity index (χ4n) is 7.04. The van der Waals surface area contributed by atoms with E-state index in [0.29, 0.717) is 45.1 Å². The highest BCUT2D eigenvalue weighted by Gasteiger charge is 2.51. The normalized spacial score (nSPS) is 26.8. The molecule has 7 rings (SSSR count). The maximum Gasteiger partial charge on any atom is 0.284 e. The molecule has 1 aromatic heterocycles. The number of hydrogen-bond donors (Lipinski definition) is 1. The van der Waals surface area contributed by atoms with Crippen LogP contribution in [0.4, 0.5) is 0 Å². The van der Waals surface area contributed by atoms with Crippen LogP contribution in [-0.4, -0.2) is 20.8 Å². The number of benzene rings is 2. The van der Waals surface area contributed by atoms with Crippen molar-refractivity contribution in [3.05, 3.63) is 85.2 Å². The number of carbonyl (C=O) groups is 1. The summed E-state index contributed by atoms with van der Waals surface area (Å²) in [7, 11) is 0. The highest BCUT2D eigenvalue weighted by Crippen LogP contribution is 2.55. The number of rotatable bonds is 5. The molecule has 1 N–H and O–H groups in total. The molecule has 4 fully saturated rings. The summed E-state index contributed by atoms with van der Waals surface area (Å²) < 4.78 is 3.14. The molecule has 2 aromatic carbocycles. The van der Waals surface area contributed by atoms with Crippen LogP contribution in [0.2, 0.25) is 15.1 Å². The summed E-state index contributed by atoms with van der Waals surface area (Å²) in [6.07, 6.45) is 8.51. The third-order valence-electron chi connectivity index (χ3n) is 8.05. The van der Waals surface area contributed by atoms with Crippen LogP contribution in [0.1, 0.15) is 54.4 Å². The van der Waals surface area contributed by atoms with Crippen LogP contribution in [0.5, 0.6) is 0 Å². The van der Waals surface area contributed by atoms with Crippen molar-refractivity contribution in [3.8, 4) is 5.69 Å². The van der Waals surface area contributed by atoms with Gasteiger partial charge in [-0.3, -0.25) is 14.3 Å². The number of carbonyl (C=O) groups excluding carboxylic acids is 1. The fraction of sp³-hybridized carbons (Fsp3) is 0.407. The first-order chi connectivity index (χ1) is 16.8. The number of amides is 1. The molecule has 4 aliphatic carbocycles. The highest BCUT2D eigenvalue weighted by molar-refractivity contribution is 6.35. The zero-order valence-electron chi connectivity index (χ0n) is 19.1. The minimum atomic E-state index is -0.413. The van der Waals surface area contributed by atoms with Crippen molar-refractivity contribution in [2.45, 2.75) is 50.6 Å². The van der Waals surface area contributed by atoms with Gasteiger partial charge in [-0.05, 0) is 86.1 Å². The van der Waals surface area contributed by atoms with Gasteiger partial charge in [-0.1, -0.05) is 53.0 Å². The summed E-state index contributed by atoms with van der Waals surface area (Å²) in [6, 6.07) is 12.4. The van der Waals surface area contributed by atoms with Gasteiger partial charge in [-0.25, -0.2) is 4.68 Å². The van der Waals surface area contributed by atoms with Crippen LogP contribution in [0.15, 0.2) is 53.5 Å². The number of nitrogens with one attached hydrogen (secondary N) is 1. The van der Waals surface area contributed by atoms with Gasteiger partial charge < -0.3 is 5.32 Å². The molecule has 0 radical (unpaired) electrons. The molecule has 4 saturated carbocycles. The molecule has 0 aliphatic heterocycles. The second kappa shape index (κ2) is 8.72. The number of hydrogen-bond acceptors (Lipinski definition) is 2. The molecule has 5 nitrogen and oxygen atoms in total. The van der Waals surface area contributed by atoms with E-state index in [-0.39, 0.29) is 17.0 Å². The first kappa shape index (κ1) is 23.2. The van der Waals surface area contributed by atoms with Crippen LogP contribution in [-0.2, 0) is 6.54 Å². The quantitative estimate of drug-likeness (QED) is 0.418. The summed E-state index contributed by atoms with van der Waals surface area (Å²) in [5, 5.41) is 4.71. The summed E-state index contributed by atoms with van der Waals surface area (Å²) >= 11 is 19.0. The molecule has 0 unspecified atom stereocenters. The van der Waals surface area contributed by atoms with E-state index in [2.05, 4.69) is 5.32 Å². The van der Waals surface area contributed by atoms with Crippen LogP contribution in [0, 0.1) is 17.8 Å². The predicted octanol–water partition coefficient (Wildman–Crippen LogP) is 6.35. The third kappa shape index (κ3) is 4.22. The Morgan fingerprint density at radius 3 is 2.23 bits per heavy atom. The minimum absolute atomic E-state index is 0.110. The predicted molar refractivity (Wildman–Crippen MR) is 139 cm³/mol. The van der Waals surface area contributed by atoms with Crippen LogP contribution in [0.3, 0.4) is 0 Å². The lowest BCUT2D eigenvalue weighted by Crippen LogP contribution is -2.60. The molecule has 182 valence electrons. The van der Waals surface area contributed by atoms with Gasteiger partial charge >= 0.3 is 0 Å². The fourth-order valence-corrected chi connectivity index (χ4v) is 7.72. The molecule has 1 heterocycles. The Morgan fingerprint density at radius 2 is 1.60 bits per heavy atom. The number of nitrogens with zero attached hydrogens (tertiary/aromatic N) is 2. The smallest absolute Gasteiger partial charge is 0.284 e. The monoisotopic (exact) mass is 529 g/mol. The van der Waals surface area contributed by atoms with E-state index in [1.54, 1.807) is 35.1 Å². The van der Waals surface area contributed by atoms with Gasteiger partial charge in [0.1, 0.15) is 5.56 Å². The summed E-state index contributed by atoms with van der Waals surface area (Å²) in [6.45, 7) is 0.304. The van der Waals surface area contributed by atoms with Crippen molar-refractivity contribution in [2.24, 2.45) is 17.8 Å². The van der Waals surface area contributed by atoms with Gasteiger partial charge in [0, 0.05) is 21.8 Å². The SMILES string of the molecule is O=C(NC12CC3CC(CC(C3)C1)C2)c1cn(Cc2ccccc2Cl)n(-c2ccc(Cl)cc2Cl)c1=O. The van der Waals surface area contributed by atoms with Gasteiger partial charge in [0.25, 0.3) is 11.5 Å². The van der Waals surface area contributed by atoms with E-state index in [9.17, 15) is 9.59 Å². The first-order valence-electron chi connectivity index (χ1n) is 12.1. The minimum Gasteiger partial charge on any atom is -0.346 e. The lowest BCUT2D eigenvalue weighted by atomic mass is 9.53. The molecule has 0 saturated heterocycles. The zero-order chi connectivity index (χ0) is 24.3. The van der Waals surface area contributed by atoms with E-state index in [4.69, 9.17) is 34.8 Å². The molecule has 4 aliphatic rings. The Bertz CT molecular complexity index is 1340.